The number of anilines is 2. The summed E-state index contributed by atoms with van der Waals surface area (Å²) in [6.07, 6.45) is 5.77. The summed E-state index contributed by atoms with van der Waals surface area (Å²) >= 11 is 0. The van der Waals surface area contributed by atoms with Gasteiger partial charge in [-0.15, -0.1) is 0 Å². The molecule has 0 fully saturated rings. The predicted molar refractivity (Wildman–Crippen MR) is 56.9 cm³/mol. The van der Waals surface area contributed by atoms with Crippen molar-refractivity contribution in [3.63, 3.8) is 0 Å². The molecule has 2 aromatic rings. The molecule has 0 unspecified atom stereocenters. The normalized spacial score (nSPS) is 10.4. The Labute approximate surface area is 92.7 Å². The summed E-state index contributed by atoms with van der Waals surface area (Å²) in [4.78, 5) is 25.7. The molecule has 0 atom stereocenters. The molecule has 0 radical (unpaired) electrons. The van der Waals surface area contributed by atoms with Gasteiger partial charge in [-0.2, -0.15) is 0 Å². The first-order valence-corrected chi connectivity index (χ1v) is 4.82. The van der Waals surface area contributed by atoms with E-state index < -0.39 is 0 Å². The Morgan fingerprint density at radius 3 is 1.50 bits per heavy atom. The summed E-state index contributed by atoms with van der Waals surface area (Å²) in [6, 6.07) is 0.143. The van der Waals surface area contributed by atoms with E-state index in [4.69, 9.17) is 0 Å². The van der Waals surface area contributed by atoms with Crippen LogP contribution in [-0.2, 0) is 0 Å². The van der Waals surface area contributed by atoms with Crippen LogP contribution in [0.15, 0.2) is 25.3 Å². The van der Waals surface area contributed by atoms with Crippen LogP contribution in [0.4, 0.5) is 11.9 Å². The van der Waals surface area contributed by atoms with Crippen molar-refractivity contribution >= 4 is 11.9 Å². The number of hydrogen-bond donors (Lipinski definition) is 0. The molecule has 0 saturated heterocycles. The second-order valence-electron chi connectivity index (χ2n) is 3.34. The van der Waals surface area contributed by atoms with Gasteiger partial charge in [-0.1, -0.05) is 0 Å². The van der Waals surface area contributed by atoms with Crippen molar-refractivity contribution in [2.24, 2.45) is 0 Å². The van der Waals surface area contributed by atoms with E-state index >= 15 is 0 Å². The standard InChI is InChI=1S/C9H11N7/c1-7(2)16(8-12-3-10-4-13-8)9-14-5-11-6-15-9/h3-7H,1-2H3. The molecule has 0 aromatic carbocycles. The van der Waals surface area contributed by atoms with Crippen LogP contribution in [-0.4, -0.2) is 35.9 Å². The molecule has 0 N–H and O–H groups in total. The van der Waals surface area contributed by atoms with E-state index in [1.807, 2.05) is 18.7 Å². The smallest absolute Gasteiger partial charge is 0.235 e. The van der Waals surface area contributed by atoms with Crippen LogP contribution in [0.25, 0.3) is 0 Å². The van der Waals surface area contributed by atoms with Crippen molar-refractivity contribution in [1.29, 1.82) is 0 Å². The molecule has 0 amide bonds. The fourth-order valence-corrected chi connectivity index (χ4v) is 1.27. The maximum absolute atomic E-state index is 4.08. The van der Waals surface area contributed by atoms with Crippen molar-refractivity contribution in [3.05, 3.63) is 25.3 Å². The first-order chi connectivity index (χ1) is 7.79. The highest BCUT2D eigenvalue weighted by molar-refractivity contribution is 5.47. The SMILES string of the molecule is CC(C)N(c1ncncn1)c1ncncn1. The Balaban J connectivity index is 2.40. The summed E-state index contributed by atoms with van der Waals surface area (Å²) in [7, 11) is 0. The lowest BCUT2D eigenvalue weighted by atomic mass is 10.3. The minimum absolute atomic E-state index is 0.143. The lowest BCUT2D eigenvalue weighted by Gasteiger charge is -2.23. The van der Waals surface area contributed by atoms with Crippen LogP contribution in [0, 0.1) is 0 Å². The second-order valence-corrected chi connectivity index (χ2v) is 3.34. The molecule has 0 saturated carbocycles. The molecule has 2 aromatic heterocycles. The third kappa shape index (κ3) is 2.08. The predicted octanol–water partition coefficient (Wildman–Crippen LogP) is 0.603. The van der Waals surface area contributed by atoms with Gasteiger partial charge in [0.25, 0.3) is 0 Å². The van der Waals surface area contributed by atoms with Gasteiger partial charge < -0.3 is 0 Å². The van der Waals surface area contributed by atoms with Crippen LogP contribution in [0.2, 0.25) is 0 Å². The van der Waals surface area contributed by atoms with Gasteiger partial charge in [0.2, 0.25) is 11.9 Å². The molecule has 0 aliphatic rings. The quantitative estimate of drug-likeness (QED) is 0.744. The van der Waals surface area contributed by atoms with E-state index in [1.165, 1.54) is 25.3 Å². The lowest BCUT2D eigenvalue weighted by Crippen LogP contribution is -2.29. The maximum atomic E-state index is 4.08. The molecule has 82 valence electrons. The fraction of sp³-hybridized carbons (Fsp3) is 0.333. The first kappa shape index (κ1) is 10.3. The van der Waals surface area contributed by atoms with E-state index in [2.05, 4.69) is 29.9 Å². The molecule has 2 heterocycles. The van der Waals surface area contributed by atoms with Gasteiger partial charge in [0.05, 0.1) is 0 Å². The van der Waals surface area contributed by atoms with Gasteiger partial charge in [0, 0.05) is 6.04 Å². The molecule has 2 rings (SSSR count). The van der Waals surface area contributed by atoms with Gasteiger partial charge in [-0.25, -0.2) is 29.9 Å². The highest BCUT2D eigenvalue weighted by Crippen LogP contribution is 2.18. The third-order valence-electron chi connectivity index (χ3n) is 1.91. The second kappa shape index (κ2) is 4.56. The Morgan fingerprint density at radius 1 is 0.812 bits per heavy atom. The molecule has 0 spiro atoms. The molecular formula is C9H11N7. The average molecular weight is 217 g/mol. The van der Waals surface area contributed by atoms with E-state index in [0.29, 0.717) is 11.9 Å². The lowest BCUT2D eigenvalue weighted by molar-refractivity contribution is 0.730. The van der Waals surface area contributed by atoms with Gasteiger partial charge in [0.15, 0.2) is 0 Å². The highest BCUT2D eigenvalue weighted by atomic mass is 15.4. The summed E-state index contributed by atoms with van der Waals surface area (Å²) in [6.45, 7) is 4.02. The van der Waals surface area contributed by atoms with Crippen molar-refractivity contribution in [1.82, 2.24) is 29.9 Å². The van der Waals surface area contributed by atoms with E-state index in [0.717, 1.165) is 0 Å². The van der Waals surface area contributed by atoms with Crippen LogP contribution in [0.5, 0.6) is 0 Å². The largest absolute Gasteiger partial charge is 0.276 e. The summed E-state index contributed by atoms with van der Waals surface area (Å²) in [5, 5.41) is 0. The van der Waals surface area contributed by atoms with Crippen molar-refractivity contribution in [2.45, 2.75) is 19.9 Å². The molecule has 0 aliphatic heterocycles. The van der Waals surface area contributed by atoms with Gasteiger partial charge in [-0.3, -0.25) is 4.90 Å². The Hall–Kier alpha value is -2.18. The Kier molecular flexibility index (Phi) is 2.95. The van der Waals surface area contributed by atoms with Gasteiger partial charge in [0.1, 0.15) is 25.3 Å². The summed E-state index contributed by atoms with van der Waals surface area (Å²) < 4.78 is 0. The molecule has 0 bridgehead atoms. The van der Waals surface area contributed by atoms with Crippen LogP contribution >= 0.6 is 0 Å². The maximum Gasteiger partial charge on any atom is 0.235 e. The van der Waals surface area contributed by atoms with Crippen molar-refractivity contribution in [3.8, 4) is 0 Å². The minimum atomic E-state index is 0.143. The zero-order chi connectivity index (χ0) is 11.4. The van der Waals surface area contributed by atoms with E-state index in [1.54, 1.807) is 0 Å². The van der Waals surface area contributed by atoms with Crippen LogP contribution in [0.1, 0.15) is 13.8 Å². The number of nitrogens with zero attached hydrogens (tertiary/aromatic N) is 7. The van der Waals surface area contributed by atoms with E-state index in [-0.39, 0.29) is 6.04 Å². The fourth-order valence-electron chi connectivity index (χ4n) is 1.27. The minimum Gasteiger partial charge on any atom is -0.276 e. The monoisotopic (exact) mass is 217 g/mol. The van der Waals surface area contributed by atoms with E-state index in [9.17, 15) is 0 Å². The van der Waals surface area contributed by atoms with Gasteiger partial charge >= 0.3 is 0 Å². The third-order valence-corrected chi connectivity index (χ3v) is 1.91. The zero-order valence-corrected chi connectivity index (χ0v) is 9.02. The van der Waals surface area contributed by atoms with Crippen LogP contribution < -0.4 is 4.90 Å². The summed E-state index contributed by atoms with van der Waals surface area (Å²) in [5.74, 6) is 1.05. The Bertz CT molecular complexity index is 391. The molecule has 16 heavy (non-hydrogen) atoms. The molecule has 7 nitrogen and oxygen atoms in total. The van der Waals surface area contributed by atoms with Crippen molar-refractivity contribution in [2.75, 3.05) is 4.90 Å². The first-order valence-electron chi connectivity index (χ1n) is 4.82. The number of aromatic nitrogens is 6. The average Bonchev–Trinajstić information content (AvgIpc) is 2.31. The highest BCUT2D eigenvalue weighted by Gasteiger charge is 2.17. The summed E-state index contributed by atoms with van der Waals surface area (Å²) in [5.41, 5.74) is 0. The van der Waals surface area contributed by atoms with Crippen molar-refractivity contribution < 1.29 is 0 Å². The van der Waals surface area contributed by atoms with Gasteiger partial charge in [-0.05, 0) is 13.8 Å². The number of hydrogen-bond acceptors (Lipinski definition) is 7. The Morgan fingerprint density at radius 2 is 1.19 bits per heavy atom. The number of rotatable bonds is 3. The molecular weight excluding hydrogens is 206 g/mol. The molecule has 7 heteroatoms. The molecule has 0 aliphatic carbocycles. The zero-order valence-electron chi connectivity index (χ0n) is 9.02. The van der Waals surface area contributed by atoms with Crippen LogP contribution in [0.3, 0.4) is 0 Å². The topological polar surface area (TPSA) is 80.6 Å².